The van der Waals surface area contributed by atoms with E-state index in [-0.39, 0.29) is 29.5 Å². The molecule has 0 aliphatic carbocycles. The number of carbonyl (C=O) groups is 2. The van der Waals surface area contributed by atoms with Gasteiger partial charge >= 0.3 is 0 Å². The van der Waals surface area contributed by atoms with Gasteiger partial charge in [-0.15, -0.1) is 0 Å². The van der Waals surface area contributed by atoms with Gasteiger partial charge in [0.15, 0.2) is 0 Å². The van der Waals surface area contributed by atoms with E-state index >= 15 is 0 Å². The van der Waals surface area contributed by atoms with Crippen LogP contribution >= 0.6 is 0 Å². The molecule has 0 radical (unpaired) electrons. The van der Waals surface area contributed by atoms with Gasteiger partial charge in [0.25, 0.3) is 5.91 Å². The lowest BCUT2D eigenvalue weighted by Crippen LogP contribution is -2.45. The van der Waals surface area contributed by atoms with Crippen LogP contribution in [0.5, 0.6) is 0 Å². The van der Waals surface area contributed by atoms with Gasteiger partial charge in [-0.05, 0) is 31.1 Å². The highest BCUT2D eigenvalue weighted by Gasteiger charge is 2.18. The van der Waals surface area contributed by atoms with Crippen molar-refractivity contribution in [1.82, 2.24) is 20.9 Å². The molecule has 1 aromatic rings. The standard InChI is InChI=1S/C9H15N5O3/c1-9(2,3)12-5(15)4-11-8(16)6-7(10)14-17-13-6/h4H2,1-3H3,(H2,10,14)(H,11,16)(H,12,15). The summed E-state index contributed by atoms with van der Waals surface area (Å²) in [5, 5.41) is 11.6. The number of hydrogen-bond donors (Lipinski definition) is 3. The number of nitrogen functional groups attached to an aromatic ring is 1. The first-order valence-corrected chi connectivity index (χ1v) is 4.97. The topological polar surface area (TPSA) is 123 Å². The monoisotopic (exact) mass is 241 g/mol. The zero-order valence-corrected chi connectivity index (χ0v) is 9.90. The van der Waals surface area contributed by atoms with Gasteiger partial charge in [-0.1, -0.05) is 0 Å². The summed E-state index contributed by atoms with van der Waals surface area (Å²) in [6.07, 6.45) is 0. The van der Waals surface area contributed by atoms with Gasteiger partial charge in [-0.2, -0.15) is 0 Å². The highest BCUT2D eigenvalue weighted by molar-refractivity contribution is 5.97. The smallest absolute Gasteiger partial charge is 0.277 e. The molecule has 8 nitrogen and oxygen atoms in total. The fraction of sp³-hybridized carbons (Fsp3) is 0.556. The summed E-state index contributed by atoms with van der Waals surface area (Å²) in [5.74, 6) is -1.02. The van der Waals surface area contributed by atoms with Crippen LogP contribution in [0.15, 0.2) is 4.63 Å². The molecule has 0 unspecified atom stereocenters. The largest absolute Gasteiger partial charge is 0.379 e. The first-order chi connectivity index (χ1) is 7.79. The van der Waals surface area contributed by atoms with E-state index in [1.54, 1.807) is 0 Å². The minimum absolute atomic E-state index is 0.112. The number of carbonyl (C=O) groups excluding carboxylic acids is 2. The van der Waals surface area contributed by atoms with Crippen LogP contribution in [-0.2, 0) is 4.79 Å². The van der Waals surface area contributed by atoms with Crippen LogP contribution in [-0.4, -0.2) is 34.2 Å². The number of anilines is 1. The van der Waals surface area contributed by atoms with Crippen molar-refractivity contribution < 1.29 is 14.2 Å². The molecular formula is C9H15N5O3. The second kappa shape index (κ2) is 4.81. The van der Waals surface area contributed by atoms with Gasteiger partial charge in [0.1, 0.15) is 0 Å². The van der Waals surface area contributed by atoms with Gasteiger partial charge in [-0.3, -0.25) is 9.59 Å². The molecule has 0 bridgehead atoms. The van der Waals surface area contributed by atoms with E-state index in [1.165, 1.54) is 0 Å². The van der Waals surface area contributed by atoms with Gasteiger partial charge in [0, 0.05) is 5.54 Å². The maximum atomic E-state index is 11.5. The van der Waals surface area contributed by atoms with E-state index < -0.39 is 5.91 Å². The Kier molecular flexibility index (Phi) is 3.66. The molecule has 4 N–H and O–H groups in total. The highest BCUT2D eigenvalue weighted by Crippen LogP contribution is 2.03. The number of rotatable bonds is 3. The van der Waals surface area contributed by atoms with Crippen LogP contribution < -0.4 is 16.4 Å². The predicted molar refractivity (Wildman–Crippen MR) is 58.9 cm³/mol. The Bertz CT molecular complexity index is 421. The summed E-state index contributed by atoms with van der Waals surface area (Å²) >= 11 is 0. The third-order valence-corrected chi connectivity index (χ3v) is 1.65. The maximum Gasteiger partial charge on any atom is 0.277 e. The fourth-order valence-electron chi connectivity index (χ4n) is 1.06. The number of nitrogens with two attached hydrogens (primary N) is 1. The minimum Gasteiger partial charge on any atom is -0.379 e. The van der Waals surface area contributed by atoms with Crippen molar-refractivity contribution in [3.05, 3.63) is 5.69 Å². The lowest BCUT2D eigenvalue weighted by atomic mass is 10.1. The normalized spacial score (nSPS) is 11.0. The predicted octanol–water partition coefficient (Wildman–Crippen LogP) is -0.704. The van der Waals surface area contributed by atoms with E-state index in [1.807, 2.05) is 20.8 Å². The number of nitrogens with one attached hydrogen (secondary N) is 2. The summed E-state index contributed by atoms with van der Waals surface area (Å²) in [7, 11) is 0. The second-order valence-corrected chi connectivity index (χ2v) is 4.48. The van der Waals surface area contributed by atoms with Crippen LogP contribution in [0.2, 0.25) is 0 Å². The molecule has 1 heterocycles. The van der Waals surface area contributed by atoms with Crippen LogP contribution in [0.4, 0.5) is 5.82 Å². The molecule has 0 aliphatic rings. The third-order valence-electron chi connectivity index (χ3n) is 1.65. The fourth-order valence-corrected chi connectivity index (χ4v) is 1.06. The molecule has 0 fully saturated rings. The second-order valence-electron chi connectivity index (χ2n) is 4.48. The molecule has 1 rings (SSSR count). The first kappa shape index (κ1) is 12.9. The zero-order valence-electron chi connectivity index (χ0n) is 9.90. The van der Waals surface area contributed by atoms with Crippen molar-refractivity contribution in [2.45, 2.75) is 26.3 Å². The molecule has 0 aromatic carbocycles. The Morgan fingerprint density at radius 3 is 2.47 bits per heavy atom. The number of nitrogens with zero attached hydrogens (tertiary/aromatic N) is 2. The molecule has 0 saturated heterocycles. The van der Waals surface area contributed by atoms with Crippen molar-refractivity contribution in [3.63, 3.8) is 0 Å². The third kappa shape index (κ3) is 4.09. The average molecular weight is 241 g/mol. The maximum absolute atomic E-state index is 11.5. The summed E-state index contributed by atoms with van der Waals surface area (Å²) in [4.78, 5) is 22.9. The molecule has 1 aromatic heterocycles. The Hall–Kier alpha value is -2.12. The van der Waals surface area contributed by atoms with Crippen molar-refractivity contribution in [2.24, 2.45) is 0 Å². The number of aromatic nitrogens is 2. The Morgan fingerprint density at radius 2 is 2.00 bits per heavy atom. The van der Waals surface area contributed by atoms with Crippen molar-refractivity contribution in [1.29, 1.82) is 0 Å². The molecule has 17 heavy (non-hydrogen) atoms. The van der Waals surface area contributed by atoms with E-state index in [2.05, 4.69) is 25.6 Å². The Labute approximate surface area is 97.9 Å². The summed E-state index contributed by atoms with van der Waals surface area (Å²) in [6, 6.07) is 0. The van der Waals surface area contributed by atoms with Crippen molar-refractivity contribution in [2.75, 3.05) is 12.3 Å². The SMILES string of the molecule is CC(C)(C)NC(=O)CNC(=O)c1nonc1N. The van der Waals surface area contributed by atoms with Crippen LogP contribution in [0.1, 0.15) is 31.3 Å². The first-order valence-electron chi connectivity index (χ1n) is 4.97. The lowest BCUT2D eigenvalue weighted by molar-refractivity contribution is -0.121. The van der Waals surface area contributed by atoms with Gasteiger partial charge < -0.3 is 16.4 Å². The molecule has 8 heteroatoms. The number of hydrogen-bond acceptors (Lipinski definition) is 6. The molecule has 0 saturated carbocycles. The Balaban J connectivity index is 2.45. The molecule has 0 aliphatic heterocycles. The van der Waals surface area contributed by atoms with Gasteiger partial charge in [0.05, 0.1) is 6.54 Å². The lowest BCUT2D eigenvalue weighted by Gasteiger charge is -2.20. The average Bonchev–Trinajstić information content (AvgIpc) is 2.58. The van der Waals surface area contributed by atoms with E-state index in [0.717, 1.165) is 0 Å². The molecule has 0 spiro atoms. The van der Waals surface area contributed by atoms with Gasteiger partial charge in [-0.25, -0.2) is 4.63 Å². The van der Waals surface area contributed by atoms with Gasteiger partial charge in [0.2, 0.25) is 17.4 Å². The van der Waals surface area contributed by atoms with E-state index in [9.17, 15) is 9.59 Å². The minimum atomic E-state index is -0.604. The summed E-state index contributed by atoms with van der Waals surface area (Å²) in [6.45, 7) is 5.35. The van der Waals surface area contributed by atoms with Crippen LogP contribution in [0.3, 0.4) is 0 Å². The molecular weight excluding hydrogens is 226 g/mol. The Morgan fingerprint density at radius 1 is 1.35 bits per heavy atom. The quantitative estimate of drug-likeness (QED) is 0.642. The molecule has 2 amide bonds. The van der Waals surface area contributed by atoms with E-state index in [4.69, 9.17) is 5.73 Å². The molecule has 0 atom stereocenters. The molecule has 94 valence electrons. The van der Waals surface area contributed by atoms with Crippen molar-refractivity contribution >= 4 is 17.6 Å². The van der Waals surface area contributed by atoms with Crippen LogP contribution in [0.25, 0.3) is 0 Å². The van der Waals surface area contributed by atoms with Crippen LogP contribution in [0, 0.1) is 0 Å². The zero-order chi connectivity index (χ0) is 13.1. The summed E-state index contributed by atoms with van der Waals surface area (Å²) in [5.41, 5.74) is 4.84. The van der Waals surface area contributed by atoms with E-state index in [0.29, 0.717) is 0 Å². The summed E-state index contributed by atoms with van der Waals surface area (Å²) < 4.78 is 4.27. The van der Waals surface area contributed by atoms with Crippen molar-refractivity contribution in [3.8, 4) is 0 Å². The number of amides is 2. The highest BCUT2D eigenvalue weighted by atomic mass is 16.6.